The molecule has 0 saturated carbocycles. The molecule has 1 aromatic carbocycles. The summed E-state index contributed by atoms with van der Waals surface area (Å²) in [6, 6.07) is 5.76. The lowest BCUT2D eigenvalue weighted by Gasteiger charge is -2.12. The fraction of sp³-hybridized carbons (Fsp3) is 0.250. The lowest BCUT2D eigenvalue weighted by atomic mass is 10.0. The van der Waals surface area contributed by atoms with E-state index < -0.39 is 0 Å². The summed E-state index contributed by atoms with van der Waals surface area (Å²) in [6.07, 6.45) is 5.48. The van der Waals surface area contributed by atoms with Crippen LogP contribution < -0.4 is 21.6 Å². The summed E-state index contributed by atoms with van der Waals surface area (Å²) in [7, 11) is 0. The van der Waals surface area contributed by atoms with E-state index in [1.165, 1.54) is 0 Å². The highest BCUT2D eigenvalue weighted by molar-refractivity contribution is 6.06. The number of hydrazine groups is 1. The first-order valence-corrected chi connectivity index (χ1v) is 7.60. The minimum absolute atomic E-state index is 0.0162. The maximum Gasteiger partial charge on any atom is 0.242 e. The van der Waals surface area contributed by atoms with Crippen LogP contribution in [0.3, 0.4) is 0 Å². The van der Waals surface area contributed by atoms with Crippen molar-refractivity contribution in [2.24, 2.45) is 5.10 Å². The molecule has 3 aliphatic heterocycles. The first-order valence-electron chi connectivity index (χ1n) is 7.60. The number of fused-ring (bicyclic) bond motifs is 1. The number of nitrogens with zero attached hydrogens (tertiary/aromatic N) is 1. The van der Waals surface area contributed by atoms with Crippen molar-refractivity contribution in [2.75, 3.05) is 5.32 Å². The van der Waals surface area contributed by atoms with Crippen LogP contribution in [0.1, 0.15) is 30.4 Å². The van der Waals surface area contributed by atoms with Crippen LogP contribution in [0.4, 0.5) is 5.69 Å². The molecule has 4 N–H and O–H groups in total. The van der Waals surface area contributed by atoms with Crippen LogP contribution >= 0.6 is 0 Å². The van der Waals surface area contributed by atoms with Crippen molar-refractivity contribution in [1.29, 1.82) is 0 Å². The lowest BCUT2D eigenvalue weighted by molar-refractivity contribution is -0.122. The van der Waals surface area contributed by atoms with Crippen molar-refractivity contribution in [1.82, 2.24) is 16.3 Å². The van der Waals surface area contributed by atoms with Crippen LogP contribution in [-0.4, -0.2) is 23.4 Å². The fourth-order valence-electron chi connectivity index (χ4n) is 2.49. The van der Waals surface area contributed by atoms with Crippen LogP contribution in [0.2, 0.25) is 0 Å². The van der Waals surface area contributed by atoms with Crippen molar-refractivity contribution < 1.29 is 14.4 Å². The maximum absolute atomic E-state index is 11.2. The van der Waals surface area contributed by atoms with Crippen LogP contribution in [0.15, 0.2) is 35.6 Å². The zero-order chi connectivity index (χ0) is 16.9. The molecule has 1 aromatic rings. The van der Waals surface area contributed by atoms with Crippen LogP contribution in [0.5, 0.6) is 0 Å². The van der Waals surface area contributed by atoms with E-state index in [0.717, 1.165) is 22.5 Å². The average molecular weight is 327 g/mol. The number of rotatable bonds is 1. The molecule has 0 unspecified atom stereocenters. The third-order valence-electron chi connectivity index (χ3n) is 3.68. The molecule has 3 amide bonds. The topological polar surface area (TPSA) is 112 Å². The Labute approximate surface area is 138 Å². The van der Waals surface area contributed by atoms with E-state index in [2.05, 4.69) is 26.7 Å². The summed E-state index contributed by atoms with van der Waals surface area (Å²) in [5.41, 5.74) is 11.1. The van der Waals surface area contributed by atoms with Gasteiger partial charge in [-0.15, -0.1) is 0 Å². The molecule has 4 rings (SSSR count). The second-order valence-corrected chi connectivity index (χ2v) is 5.49. The smallest absolute Gasteiger partial charge is 0.242 e. The second-order valence-electron chi connectivity index (χ2n) is 5.49. The maximum atomic E-state index is 11.2. The Hall–Kier alpha value is -3.16. The molecule has 0 aliphatic carbocycles. The lowest BCUT2D eigenvalue weighted by Crippen LogP contribution is -2.35. The van der Waals surface area contributed by atoms with Crippen molar-refractivity contribution in [3.8, 4) is 0 Å². The largest absolute Gasteiger partial charge is 0.326 e. The van der Waals surface area contributed by atoms with Gasteiger partial charge in [-0.3, -0.25) is 19.8 Å². The first-order chi connectivity index (χ1) is 11.6. The van der Waals surface area contributed by atoms with E-state index in [1.807, 2.05) is 18.2 Å². The highest BCUT2D eigenvalue weighted by Crippen LogP contribution is 2.25. The Morgan fingerprint density at radius 2 is 1.88 bits per heavy atom. The summed E-state index contributed by atoms with van der Waals surface area (Å²) in [6.45, 7) is 0. The number of amides is 3. The summed E-state index contributed by atoms with van der Waals surface area (Å²) in [5.74, 6) is -0.00899. The van der Waals surface area contributed by atoms with Gasteiger partial charge in [0.25, 0.3) is 0 Å². The van der Waals surface area contributed by atoms with Gasteiger partial charge in [0, 0.05) is 31.1 Å². The molecule has 24 heavy (non-hydrogen) atoms. The number of hydrogen-bond donors (Lipinski definition) is 4. The van der Waals surface area contributed by atoms with Gasteiger partial charge in [0.15, 0.2) is 0 Å². The van der Waals surface area contributed by atoms with Crippen LogP contribution in [-0.2, 0) is 20.8 Å². The van der Waals surface area contributed by atoms with E-state index in [4.69, 9.17) is 0 Å². The molecule has 3 heterocycles. The molecule has 0 atom stereocenters. The third-order valence-corrected chi connectivity index (χ3v) is 3.68. The van der Waals surface area contributed by atoms with E-state index in [1.54, 1.807) is 12.3 Å². The molecule has 3 aliphatic rings. The molecule has 0 bridgehead atoms. The molecule has 0 aromatic heterocycles. The Bertz CT molecular complexity index is 754. The van der Waals surface area contributed by atoms with Gasteiger partial charge in [-0.2, -0.15) is 5.10 Å². The molecule has 0 fully saturated rings. The Morgan fingerprint density at radius 3 is 2.50 bits per heavy atom. The zero-order valence-corrected chi connectivity index (χ0v) is 12.9. The number of hydrogen-bond acceptors (Lipinski definition) is 5. The number of carbonyl (C=O) groups is 3. The second kappa shape index (κ2) is 6.95. The van der Waals surface area contributed by atoms with Gasteiger partial charge in [0.2, 0.25) is 17.7 Å². The van der Waals surface area contributed by atoms with Crippen molar-refractivity contribution in [3.63, 3.8) is 0 Å². The SMILES string of the molecule is O=C1CC=CNN1.O=C1CCC(c2ccc3c(c2)CC(=O)N3)=NN1. The molecule has 0 radical (unpaired) electrons. The van der Waals surface area contributed by atoms with E-state index in [0.29, 0.717) is 25.7 Å². The molecule has 124 valence electrons. The Balaban J connectivity index is 0.000000203. The minimum atomic E-state index is -0.0493. The minimum Gasteiger partial charge on any atom is -0.326 e. The number of nitrogens with one attached hydrogen (secondary N) is 4. The van der Waals surface area contributed by atoms with Crippen molar-refractivity contribution >= 4 is 29.1 Å². The number of anilines is 1. The Kier molecular flexibility index (Phi) is 4.55. The first kappa shape index (κ1) is 15.7. The van der Waals surface area contributed by atoms with Crippen molar-refractivity contribution in [2.45, 2.75) is 25.7 Å². The zero-order valence-electron chi connectivity index (χ0n) is 12.9. The summed E-state index contributed by atoms with van der Waals surface area (Å²) in [5, 5.41) is 6.82. The molecular weight excluding hydrogens is 310 g/mol. The van der Waals surface area contributed by atoms with Crippen LogP contribution in [0.25, 0.3) is 0 Å². The van der Waals surface area contributed by atoms with Gasteiger partial charge >= 0.3 is 0 Å². The monoisotopic (exact) mass is 327 g/mol. The average Bonchev–Trinajstić information content (AvgIpc) is 2.96. The Morgan fingerprint density at radius 1 is 1.00 bits per heavy atom. The van der Waals surface area contributed by atoms with Crippen LogP contribution in [0, 0.1) is 0 Å². The number of benzene rings is 1. The summed E-state index contributed by atoms with van der Waals surface area (Å²) in [4.78, 5) is 32.5. The van der Waals surface area contributed by atoms with Gasteiger partial charge in [-0.05, 0) is 23.3 Å². The van der Waals surface area contributed by atoms with Gasteiger partial charge in [-0.1, -0.05) is 12.1 Å². The highest BCUT2D eigenvalue weighted by Gasteiger charge is 2.20. The van der Waals surface area contributed by atoms with Gasteiger partial charge in [0.1, 0.15) is 0 Å². The standard InChI is InChI=1S/C12H11N3O2.C4H6N2O/c16-11-4-3-10(14-15-11)7-1-2-9-8(5-7)6-12(17)13-9;7-4-2-1-3-5-6-4/h1-2,5H,3-4,6H2,(H,13,17)(H,15,16);1,3,5H,2H2,(H,6,7). The molecule has 0 saturated heterocycles. The number of hydrazone groups is 1. The number of carbonyl (C=O) groups excluding carboxylic acids is 3. The van der Waals surface area contributed by atoms with Gasteiger partial charge in [0.05, 0.1) is 12.1 Å². The molecule has 8 heteroatoms. The molecular formula is C16H17N5O3. The predicted octanol–water partition coefficient (Wildman–Crippen LogP) is 0.320. The van der Waals surface area contributed by atoms with Gasteiger partial charge < -0.3 is 10.7 Å². The summed E-state index contributed by atoms with van der Waals surface area (Å²) < 4.78 is 0. The fourth-order valence-corrected chi connectivity index (χ4v) is 2.49. The van der Waals surface area contributed by atoms with E-state index >= 15 is 0 Å². The van der Waals surface area contributed by atoms with E-state index in [-0.39, 0.29) is 17.7 Å². The van der Waals surface area contributed by atoms with Gasteiger partial charge in [-0.25, -0.2) is 5.43 Å². The quantitative estimate of drug-likeness (QED) is 0.595. The van der Waals surface area contributed by atoms with Crippen molar-refractivity contribution in [3.05, 3.63) is 41.6 Å². The predicted molar refractivity (Wildman–Crippen MR) is 87.7 cm³/mol. The third kappa shape index (κ3) is 3.78. The van der Waals surface area contributed by atoms with E-state index in [9.17, 15) is 14.4 Å². The summed E-state index contributed by atoms with van der Waals surface area (Å²) >= 11 is 0. The highest BCUT2D eigenvalue weighted by atomic mass is 16.2. The normalized spacial score (nSPS) is 18.2. The molecule has 8 nitrogen and oxygen atoms in total. The molecule has 0 spiro atoms.